The first-order valence-electron chi connectivity index (χ1n) is 7.75. The first-order valence-corrected chi connectivity index (χ1v) is 8.13. The van der Waals surface area contributed by atoms with Crippen molar-refractivity contribution >= 4 is 23.5 Å². The Labute approximate surface area is 140 Å². The number of hydrogen-bond donors (Lipinski definition) is 1. The number of carbonyl (C=O) groups is 1. The molecule has 2 heterocycles. The zero-order chi connectivity index (χ0) is 16.2. The molecule has 1 aromatic carbocycles. The van der Waals surface area contributed by atoms with Gasteiger partial charge in [0.2, 0.25) is 5.95 Å². The summed E-state index contributed by atoms with van der Waals surface area (Å²) in [7, 11) is 0. The van der Waals surface area contributed by atoms with Crippen LogP contribution in [0.15, 0.2) is 30.3 Å². The summed E-state index contributed by atoms with van der Waals surface area (Å²) in [5, 5.41) is 3.57. The number of rotatable bonds is 4. The van der Waals surface area contributed by atoms with Crippen LogP contribution in [0.4, 0.5) is 5.95 Å². The molecule has 5 nitrogen and oxygen atoms in total. The van der Waals surface area contributed by atoms with Crippen molar-refractivity contribution in [2.75, 3.05) is 18.0 Å². The number of benzene rings is 1. The van der Waals surface area contributed by atoms with Crippen LogP contribution in [0, 0.1) is 6.92 Å². The van der Waals surface area contributed by atoms with Crippen LogP contribution in [0.25, 0.3) is 0 Å². The lowest BCUT2D eigenvalue weighted by Gasteiger charge is -2.16. The molecule has 1 aromatic heterocycles. The largest absolute Gasteiger partial charge is 0.347 e. The topological polar surface area (TPSA) is 58.1 Å². The van der Waals surface area contributed by atoms with Crippen LogP contribution in [0.2, 0.25) is 5.02 Å². The van der Waals surface area contributed by atoms with Crippen molar-refractivity contribution in [1.29, 1.82) is 0 Å². The van der Waals surface area contributed by atoms with Gasteiger partial charge in [0.15, 0.2) is 0 Å². The molecule has 6 heteroatoms. The van der Waals surface area contributed by atoms with Crippen LogP contribution in [0.5, 0.6) is 0 Å². The molecule has 0 saturated carbocycles. The molecule has 0 radical (unpaired) electrons. The average Bonchev–Trinajstić information content (AvgIpc) is 3.08. The van der Waals surface area contributed by atoms with Crippen LogP contribution in [0.1, 0.15) is 34.6 Å². The van der Waals surface area contributed by atoms with Crippen LogP contribution in [-0.4, -0.2) is 29.0 Å². The van der Waals surface area contributed by atoms with Gasteiger partial charge in [0.1, 0.15) is 5.69 Å². The Balaban J connectivity index is 1.70. The maximum absolute atomic E-state index is 12.4. The molecule has 0 spiro atoms. The molecule has 120 valence electrons. The van der Waals surface area contributed by atoms with Crippen molar-refractivity contribution in [3.63, 3.8) is 0 Å². The fourth-order valence-corrected chi connectivity index (χ4v) is 2.73. The van der Waals surface area contributed by atoms with E-state index >= 15 is 0 Å². The molecular weight excluding hydrogens is 312 g/mol. The number of amides is 1. The summed E-state index contributed by atoms with van der Waals surface area (Å²) in [6.07, 6.45) is 2.30. The van der Waals surface area contributed by atoms with E-state index in [1.54, 1.807) is 6.07 Å². The summed E-state index contributed by atoms with van der Waals surface area (Å²) >= 11 is 5.86. The molecule has 3 rings (SSSR count). The molecule has 1 N–H and O–H groups in total. The summed E-state index contributed by atoms with van der Waals surface area (Å²) in [5.74, 6) is 0.463. The second kappa shape index (κ2) is 6.96. The summed E-state index contributed by atoms with van der Waals surface area (Å²) in [6.45, 7) is 4.24. The molecule has 1 aliphatic rings. The normalized spacial score (nSPS) is 14.1. The van der Waals surface area contributed by atoms with Crippen molar-refractivity contribution in [3.05, 3.63) is 52.3 Å². The molecule has 0 unspecified atom stereocenters. The number of nitrogens with zero attached hydrogens (tertiary/aromatic N) is 3. The zero-order valence-corrected chi connectivity index (χ0v) is 13.8. The van der Waals surface area contributed by atoms with E-state index in [0.29, 0.717) is 23.2 Å². The third-order valence-corrected chi connectivity index (χ3v) is 4.08. The van der Waals surface area contributed by atoms with E-state index in [1.807, 2.05) is 31.2 Å². The van der Waals surface area contributed by atoms with E-state index in [2.05, 4.69) is 20.2 Å². The van der Waals surface area contributed by atoms with Crippen LogP contribution >= 0.6 is 11.6 Å². The fraction of sp³-hybridized carbons (Fsp3) is 0.353. The van der Waals surface area contributed by atoms with Gasteiger partial charge in [0, 0.05) is 30.4 Å². The minimum absolute atomic E-state index is 0.189. The lowest BCUT2D eigenvalue weighted by molar-refractivity contribution is 0.0945. The van der Waals surface area contributed by atoms with Crippen molar-refractivity contribution < 1.29 is 4.79 Å². The van der Waals surface area contributed by atoms with Gasteiger partial charge in [-0.05, 0) is 43.5 Å². The van der Waals surface area contributed by atoms with E-state index in [4.69, 9.17) is 11.6 Å². The van der Waals surface area contributed by atoms with Gasteiger partial charge < -0.3 is 10.2 Å². The standard InChI is InChI=1S/C17H19ClN4O/c1-12-10-15(21-17(20-12)22-8-2-3-9-22)16(23)19-11-13-4-6-14(18)7-5-13/h4-7,10H,2-3,8-9,11H2,1H3,(H,19,23). The second-order valence-corrected chi connectivity index (χ2v) is 6.13. The highest BCUT2D eigenvalue weighted by Gasteiger charge is 2.18. The van der Waals surface area contributed by atoms with E-state index in [-0.39, 0.29) is 5.91 Å². The molecule has 23 heavy (non-hydrogen) atoms. The molecule has 1 aliphatic heterocycles. The Bertz CT molecular complexity index is 696. The number of anilines is 1. The molecule has 0 atom stereocenters. The minimum Gasteiger partial charge on any atom is -0.347 e. The molecule has 2 aromatic rings. The van der Waals surface area contributed by atoms with Gasteiger partial charge in [-0.15, -0.1) is 0 Å². The van der Waals surface area contributed by atoms with Crippen molar-refractivity contribution in [3.8, 4) is 0 Å². The number of hydrogen-bond acceptors (Lipinski definition) is 4. The number of aromatic nitrogens is 2. The minimum atomic E-state index is -0.189. The van der Waals surface area contributed by atoms with E-state index in [0.717, 1.165) is 37.2 Å². The van der Waals surface area contributed by atoms with Gasteiger partial charge in [-0.1, -0.05) is 23.7 Å². The van der Waals surface area contributed by atoms with Gasteiger partial charge in [0.05, 0.1) is 0 Å². The summed E-state index contributed by atoms with van der Waals surface area (Å²) in [6, 6.07) is 9.12. The molecule has 0 bridgehead atoms. The van der Waals surface area contributed by atoms with Gasteiger partial charge in [0.25, 0.3) is 5.91 Å². The van der Waals surface area contributed by atoms with Gasteiger partial charge in [-0.25, -0.2) is 9.97 Å². The molecular formula is C17H19ClN4O. The first-order chi connectivity index (χ1) is 11.1. The lowest BCUT2D eigenvalue weighted by atomic mass is 10.2. The predicted molar refractivity (Wildman–Crippen MR) is 90.8 cm³/mol. The van der Waals surface area contributed by atoms with Crippen LogP contribution in [-0.2, 0) is 6.54 Å². The van der Waals surface area contributed by atoms with Gasteiger partial charge in [-0.3, -0.25) is 4.79 Å². The summed E-state index contributed by atoms with van der Waals surface area (Å²) in [5.41, 5.74) is 2.21. The van der Waals surface area contributed by atoms with Crippen molar-refractivity contribution in [2.24, 2.45) is 0 Å². The molecule has 1 saturated heterocycles. The fourth-order valence-electron chi connectivity index (χ4n) is 2.60. The third-order valence-electron chi connectivity index (χ3n) is 3.83. The van der Waals surface area contributed by atoms with Crippen molar-refractivity contribution in [1.82, 2.24) is 15.3 Å². The molecule has 0 aliphatic carbocycles. The highest BCUT2D eigenvalue weighted by atomic mass is 35.5. The zero-order valence-electron chi connectivity index (χ0n) is 13.1. The Hall–Kier alpha value is -2.14. The maximum atomic E-state index is 12.4. The number of nitrogens with one attached hydrogen (secondary N) is 1. The van der Waals surface area contributed by atoms with Gasteiger partial charge in [-0.2, -0.15) is 0 Å². The summed E-state index contributed by atoms with van der Waals surface area (Å²) in [4.78, 5) is 23.4. The lowest BCUT2D eigenvalue weighted by Crippen LogP contribution is -2.26. The highest BCUT2D eigenvalue weighted by Crippen LogP contribution is 2.17. The quantitative estimate of drug-likeness (QED) is 0.936. The SMILES string of the molecule is Cc1cc(C(=O)NCc2ccc(Cl)cc2)nc(N2CCCC2)n1. The number of aryl methyl sites for hydroxylation is 1. The third kappa shape index (κ3) is 3.99. The Morgan fingerprint density at radius 3 is 2.61 bits per heavy atom. The van der Waals surface area contributed by atoms with E-state index in [9.17, 15) is 4.79 Å². The van der Waals surface area contributed by atoms with Crippen molar-refractivity contribution in [2.45, 2.75) is 26.3 Å². The Morgan fingerprint density at radius 1 is 1.22 bits per heavy atom. The van der Waals surface area contributed by atoms with E-state index < -0.39 is 0 Å². The average molecular weight is 331 g/mol. The van der Waals surface area contributed by atoms with Crippen LogP contribution in [0.3, 0.4) is 0 Å². The highest BCUT2D eigenvalue weighted by molar-refractivity contribution is 6.30. The Kier molecular flexibility index (Phi) is 4.76. The number of halogens is 1. The molecule has 1 fully saturated rings. The number of carbonyl (C=O) groups excluding carboxylic acids is 1. The first kappa shape index (κ1) is 15.7. The second-order valence-electron chi connectivity index (χ2n) is 5.70. The predicted octanol–water partition coefficient (Wildman–Crippen LogP) is 2.97. The van der Waals surface area contributed by atoms with Gasteiger partial charge >= 0.3 is 0 Å². The van der Waals surface area contributed by atoms with Crippen LogP contribution < -0.4 is 10.2 Å². The van der Waals surface area contributed by atoms with E-state index in [1.165, 1.54) is 0 Å². The molecule has 1 amide bonds. The summed E-state index contributed by atoms with van der Waals surface area (Å²) < 4.78 is 0. The maximum Gasteiger partial charge on any atom is 0.270 e. The smallest absolute Gasteiger partial charge is 0.270 e. The Morgan fingerprint density at radius 2 is 1.91 bits per heavy atom. The monoisotopic (exact) mass is 330 g/mol.